The van der Waals surface area contributed by atoms with Crippen LogP contribution in [0.5, 0.6) is 5.75 Å². The highest BCUT2D eigenvalue weighted by Crippen LogP contribution is 2.14. The van der Waals surface area contributed by atoms with Gasteiger partial charge in [0.2, 0.25) is 0 Å². The van der Waals surface area contributed by atoms with E-state index in [1.807, 2.05) is 18.2 Å². The monoisotopic (exact) mass is 293 g/mol. The Morgan fingerprint density at radius 3 is 2.15 bits per heavy atom. The first-order chi connectivity index (χ1) is 9.61. The van der Waals surface area contributed by atoms with Crippen LogP contribution in [0.25, 0.3) is 0 Å². The van der Waals surface area contributed by atoms with Gasteiger partial charge in [-0.3, -0.25) is 0 Å². The van der Waals surface area contributed by atoms with Gasteiger partial charge in [0.25, 0.3) is 0 Å². The van der Waals surface area contributed by atoms with E-state index in [-0.39, 0.29) is 0 Å². The second kappa shape index (κ2) is 8.96. The standard InChI is InChI=1S/C8H7ClO3.C7H9N/c9-6-1-3-7(4-2-6)12-5-8(10)11;8-6-7-4-2-1-3-5-7/h1-4H,5H2,(H,10,11);1-5H,6,8H2. The number of carbonyl (C=O) groups is 1. The van der Waals surface area contributed by atoms with Crippen molar-refractivity contribution in [1.29, 1.82) is 0 Å². The van der Waals surface area contributed by atoms with Gasteiger partial charge in [-0.1, -0.05) is 41.9 Å². The lowest BCUT2D eigenvalue weighted by Gasteiger charge is -2.05. The van der Waals surface area contributed by atoms with Crippen LogP contribution in [0.3, 0.4) is 0 Å². The van der Waals surface area contributed by atoms with Crippen LogP contribution in [0.4, 0.5) is 0 Å². The number of hydrogen-bond donors (Lipinski definition) is 1. The van der Waals surface area contributed by atoms with Crippen LogP contribution in [-0.4, -0.2) is 12.6 Å². The Balaban J connectivity index is 0.000000217. The van der Waals surface area contributed by atoms with Gasteiger partial charge >= 0.3 is 0 Å². The first-order valence-corrected chi connectivity index (χ1v) is 6.41. The average Bonchev–Trinajstić information content (AvgIpc) is 2.48. The molecule has 0 heterocycles. The smallest absolute Gasteiger partial charge is 0.128 e. The lowest BCUT2D eigenvalue weighted by Crippen LogP contribution is -2.47. The Hall–Kier alpha value is -2.04. The van der Waals surface area contributed by atoms with Crippen molar-refractivity contribution in [2.75, 3.05) is 6.61 Å². The summed E-state index contributed by atoms with van der Waals surface area (Å²) in [5, 5.41) is 10.6. The maximum absolute atomic E-state index is 9.98. The topological polar surface area (TPSA) is 77.0 Å². The lowest BCUT2D eigenvalue weighted by molar-refractivity contribution is -0.386. The van der Waals surface area contributed by atoms with E-state index in [0.29, 0.717) is 10.8 Å². The van der Waals surface area contributed by atoms with Gasteiger partial charge in [-0.15, -0.1) is 0 Å². The van der Waals surface area contributed by atoms with E-state index in [2.05, 4.69) is 17.9 Å². The van der Waals surface area contributed by atoms with Gasteiger partial charge in [0.15, 0.2) is 0 Å². The molecule has 0 amide bonds. The predicted octanol–water partition coefficient (Wildman–Crippen LogP) is 0.897. The third-order valence-corrected chi connectivity index (χ3v) is 2.55. The van der Waals surface area contributed by atoms with Crippen LogP contribution in [0.15, 0.2) is 54.6 Å². The number of rotatable bonds is 4. The molecule has 2 aromatic rings. The van der Waals surface area contributed by atoms with E-state index in [0.717, 1.165) is 6.54 Å². The van der Waals surface area contributed by atoms with E-state index in [1.54, 1.807) is 24.3 Å². The predicted molar refractivity (Wildman–Crippen MR) is 75.0 cm³/mol. The second-order valence-corrected chi connectivity index (χ2v) is 4.29. The third-order valence-electron chi connectivity index (χ3n) is 2.30. The zero-order valence-electron chi connectivity index (χ0n) is 10.9. The van der Waals surface area contributed by atoms with Crippen molar-refractivity contribution < 1.29 is 20.4 Å². The molecule has 4 nitrogen and oxygen atoms in total. The molecule has 0 saturated heterocycles. The number of carboxylic acid groups (broad SMARTS) is 1. The van der Waals surface area contributed by atoms with Crippen LogP contribution < -0.4 is 15.6 Å². The van der Waals surface area contributed by atoms with Crippen LogP contribution >= 0.6 is 11.6 Å². The number of carbonyl (C=O) groups excluding carboxylic acids is 1. The van der Waals surface area contributed by atoms with Crippen LogP contribution in [0.1, 0.15) is 5.56 Å². The molecule has 0 spiro atoms. The van der Waals surface area contributed by atoms with Crippen molar-refractivity contribution in [1.82, 2.24) is 0 Å². The quantitative estimate of drug-likeness (QED) is 0.910. The molecule has 0 aliphatic heterocycles. The Morgan fingerprint density at radius 1 is 1.10 bits per heavy atom. The molecule has 20 heavy (non-hydrogen) atoms. The third kappa shape index (κ3) is 6.78. The molecule has 3 N–H and O–H groups in total. The van der Waals surface area contributed by atoms with Crippen molar-refractivity contribution in [2.45, 2.75) is 6.54 Å². The summed E-state index contributed by atoms with van der Waals surface area (Å²) >= 11 is 5.59. The van der Waals surface area contributed by atoms with Gasteiger partial charge in [-0.2, -0.15) is 0 Å². The second-order valence-electron chi connectivity index (χ2n) is 3.85. The summed E-state index contributed by atoms with van der Waals surface area (Å²) < 4.78 is 4.80. The molecular formula is C15H16ClNO3. The van der Waals surface area contributed by atoms with Gasteiger partial charge in [0.1, 0.15) is 12.4 Å². The summed E-state index contributed by atoms with van der Waals surface area (Å²) in [6.45, 7) is 0.447. The molecule has 0 aliphatic carbocycles. The summed E-state index contributed by atoms with van der Waals surface area (Å²) in [6.07, 6.45) is 0. The molecule has 2 rings (SSSR count). The van der Waals surface area contributed by atoms with Crippen molar-refractivity contribution in [3.05, 3.63) is 65.2 Å². The number of benzene rings is 2. The number of carboxylic acids is 1. The fourth-order valence-corrected chi connectivity index (χ4v) is 1.44. The SMILES string of the molecule is O=C([O-])COc1ccc(Cl)cc1.[NH3+]Cc1ccccc1. The summed E-state index contributed by atoms with van der Waals surface area (Å²) in [5.41, 5.74) is 5.05. The van der Waals surface area contributed by atoms with Gasteiger partial charge in [0, 0.05) is 10.6 Å². The Bertz CT molecular complexity index is 514. The molecule has 106 valence electrons. The fourth-order valence-electron chi connectivity index (χ4n) is 1.32. The Kier molecular flexibility index (Phi) is 7.17. The van der Waals surface area contributed by atoms with Gasteiger partial charge in [-0.25, -0.2) is 0 Å². The largest absolute Gasteiger partial charge is 0.546 e. The zero-order valence-corrected chi connectivity index (χ0v) is 11.7. The highest BCUT2D eigenvalue weighted by Gasteiger charge is 1.92. The molecule has 2 aromatic carbocycles. The molecule has 0 radical (unpaired) electrons. The van der Waals surface area contributed by atoms with Crippen molar-refractivity contribution in [2.24, 2.45) is 0 Å². The van der Waals surface area contributed by atoms with Gasteiger partial charge in [-0.05, 0) is 24.3 Å². The van der Waals surface area contributed by atoms with Crippen LogP contribution in [0.2, 0.25) is 5.02 Å². The van der Waals surface area contributed by atoms with Crippen molar-refractivity contribution >= 4 is 17.6 Å². The molecule has 0 unspecified atom stereocenters. The summed E-state index contributed by atoms with van der Waals surface area (Å²) in [7, 11) is 0. The molecule has 0 atom stereocenters. The van der Waals surface area contributed by atoms with E-state index in [1.165, 1.54) is 5.56 Å². The number of hydrogen-bond acceptors (Lipinski definition) is 3. The zero-order chi connectivity index (χ0) is 14.8. The molecule has 5 heteroatoms. The van der Waals surface area contributed by atoms with E-state index in [9.17, 15) is 9.90 Å². The van der Waals surface area contributed by atoms with E-state index < -0.39 is 12.6 Å². The Morgan fingerprint density at radius 2 is 1.70 bits per heavy atom. The molecule has 0 saturated carbocycles. The fraction of sp³-hybridized carbons (Fsp3) is 0.133. The maximum atomic E-state index is 9.98. The number of quaternary nitrogens is 1. The molecule has 0 aromatic heterocycles. The van der Waals surface area contributed by atoms with Crippen LogP contribution in [0, 0.1) is 0 Å². The molecule has 0 bridgehead atoms. The molecular weight excluding hydrogens is 278 g/mol. The maximum Gasteiger partial charge on any atom is 0.128 e. The van der Waals surface area contributed by atoms with E-state index in [4.69, 9.17) is 16.3 Å². The summed E-state index contributed by atoms with van der Waals surface area (Å²) in [6, 6.07) is 16.6. The number of ether oxygens (including phenoxy) is 1. The number of halogens is 1. The highest BCUT2D eigenvalue weighted by molar-refractivity contribution is 6.30. The molecule has 0 aliphatic rings. The van der Waals surface area contributed by atoms with Crippen molar-refractivity contribution in [3.63, 3.8) is 0 Å². The summed E-state index contributed by atoms with van der Waals surface area (Å²) in [4.78, 5) is 9.98. The minimum absolute atomic E-state index is 0.443. The van der Waals surface area contributed by atoms with Gasteiger partial charge < -0.3 is 20.4 Å². The van der Waals surface area contributed by atoms with Crippen LogP contribution in [-0.2, 0) is 11.3 Å². The first kappa shape index (κ1) is 16.0. The number of aliphatic carboxylic acids is 1. The van der Waals surface area contributed by atoms with E-state index >= 15 is 0 Å². The molecule has 0 fully saturated rings. The normalized spacial score (nSPS) is 9.30. The van der Waals surface area contributed by atoms with Gasteiger partial charge in [0.05, 0.1) is 12.5 Å². The van der Waals surface area contributed by atoms with Crippen molar-refractivity contribution in [3.8, 4) is 5.75 Å². The lowest BCUT2D eigenvalue weighted by atomic mass is 10.2. The minimum Gasteiger partial charge on any atom is -0.546 e. The summed E-state index contributed by atoms with van der Waals surface area (Å²) in [5.74, 6) is -0.784. The highest BCUT2D eigenvalue weighted by atomic mass is 35.5. The first-order valence-electron chi connectivity index (χ1n) is 6.03. The minimum atomic E-state index is -1.25. The average molecular weight is 294 g/mol. The Labute approximate surface area is 122 Å².